The lowest BCUT2D eigenvalue weighted by Crippen LogP contribution is -2.19. The second kappa shape index (κ2) is 8.04. The highest BCUT2D eigenvalue weighted by atomic mass is 16.5. The lowest BCUT2D eigenvalue weighted by molar-refractivity contribution is 0.0828. The van der Waals surface area contributed by atoms with Gasteiger partial charge in [-0.25, -0.2) is 0 Å². The molecule has 1 aromatic carbocycles. The van der Waals surface area contributed by atoms with E-state index in [2.05, 4.69) is 37.9 Å². The summed E-state index contributed by atoms with van der Waals surface area (Å²) in [5, 5.41) is 3.32. The van der Waals surface area contributed by atoms with Crippen molar-refractivity contribution in [1.29, 1.82) is 0 Å². The zero-order valence-electron chi connectivity index (χ0n) is 10.9. The van der Waals surface area contributed by atoms with Gasteiger partial charge in [-0.1, -0.05) is 43.8 Å². The SMILES string of the molecule is C=C(CNCCC)COC(C)c1ccccc1. The standard InChI is InChI=1S/C15H23NO/c1-4-10-16-11-13(2)12-17-14(3)15-8-6-5-7-9-15/h5-9,14,16H,2,4,10-12H2,1,3H3. The highest BCUT2D eigenvalue weighted by Crippen LogP contribution is 2.16. The maximum atomic E-state index is 5.78. The van der Waals surface area contributed by atoms with Crippen LogP contribution in [0.25, 0.3) is 0 Å². The quantitative estimate of drug-likeness (QED) is 0.549. The number of nitrogens with one attached hydrogen (secondary N) is 1. The average Bonchev–Trinajstić information content (AvgIpc) is 2.37. The lowest BCUT2D eigenvalue weighted by Gasteiger charge is -2.14. The van der Waals surface area contributed by atoms with Crippen LogP contribution in [0.15, 0.2) is 42.5 Å². The van der Waals surface area contributed by atoms with Crippen LogP contribution in [-0.4, -0.2) is 19.7 Å². The van der Waals surface area contributed by atoms with E-state index in [1.807, 2.05) is 18.2 Å². The molecule has 0 aliphatic carbocycles. The van der Waals surface area contributed by atoms with Crippen LogP contribution in [0.3, 0.4) is 0 Å². The summed E-state index contributed by atoms with van der Waals surface area (Å²) in [5.41, 5.74) is 2.31. The molecule has 17 heavy (non-hydrogen) atoms. The minimum Gasteiger partial charge on any atom is -0.369 e. The first kappa shape index (κ1) is 13.9. The fourth-order valence-corrected chi connectivity index (χ4v) is 1.56. The van der Waals surface area contributed by atoms with Crippen LogP contribution in [0, 0.1) is 0 Å². The number of ether oxygens (including phenoxy) is 1. The Hall–Kier alpha value is -1.12. The predicted octanol–water partition coefficient (Wildman–Crippen LogP) is 3.32. The van der Waals surface area contributed by atoms with E-state index in [4.69, 9.17) is 4.74 Å². The second-order valence-electron chi connectivity index (χ2n) is 4.29. The molecule has 1 aromatic rings. The van der Waals surface area contributed by atoms with Crippen LogP contribution < -0.4 is 5.32 Å². The van der Waals surface area contributed by atoms with Gasteiger partial charge in [0.05, 0.1) is 12.7 Å². The van der Waals surface area contributed by atoms with Crippen LogP contribution in [0.1, 0.15) is 31.9 Å². The molecule has 94 valence electrons. The molecule has 0 aliphatic heterocycles. The van der Waals surface area contributed by atoms with Crippen LogP contribution >= 0.6 is 0 Å². The van der Waals surface area contributed by atoms with Gasteiger partial charge in [0.15, 0.2) is 0 Å². The Morgan fingerprint density at radius 2 is 2.06 bits per heavy atom. The van der Waals surface area contributed by atoms with Crippen molar-refractivity contribution in [3.63, 3.8) is 0 Å². The third-order valence-corrected chi connectivity index (χ3v) is 2.61. The van der Waals surface area contributed by atoms with E-state index in [1.54, 1.807) is 0 Å². The minimum absolute atomic E-state index is 0.124. The Morgan fingerprint density at radius 3 is 2.71 bits per heavy atom. The Morgan fingerprint density at radius 1 is 1.35 bits per heavy atom. The number of hydrogen-bond acceptors (Lipinski definition) is 2. The van der Waals surface area contributed by atoms with E-state index in [0.29, 0.717) is 6.61 Å². The number of hydrogen-bond donors (Lipinski definition) is 1. The monoisotopic (exact) mass is 233 g/mol. The molecule has 1 atom stereocenters. The third-order valence-electron chi connectivity index (χ3n) is 2.61. The maximum Gasteiger partial charge on any atom is 0.0801 e. The fraction of sp³-hybridized carbons (Fsp3) is 0.467. The first-order valence-corrected chi connectivity index (χ1v) is 6.28. The summed E-state index contributed by atoms with van der Waals surface area (Å²) < 4.78 is 5.78. The maximum absolute atomic E-state index is 5.78. The molecule has 0 fully saturated rings. The average molecular weight is 233 g/mol. The van der Waals surface area contributed by atoms with Gasteiger partial charge in [-0.05, 0) is 31.0 Å². The Kier molecular flexibility index (Phi) is 6.60. The van der Waals surface area contributed by atoms with Gasteiger partial charge in [-0.2, -0.15) is 0 Å². The van der Waals surface area contributed by atoms with Gasteiger partial charge in [0.1, 0.15) is 0 Å². The second-order valence-corrected chi connectivity index (χ2v) is 4.29. The highest BCUT2D eigenvalue weighted by Gasteiger charge is 2.05. The summed E-state index contributed by atoms with van der Waals surface area (Å²) in [7, 11) is 0. The van der Waals surface area contributed by atoms with E-state index >= 15 is 0 Å². The molecule has 2 nitrogen and oxygen atoms in total. The molecule has 0 aliphatic rings. The van der Waals surface area contributed by atoms with Gasteiger partial charge >= 0.3 is 0 Å². The largest absolute Gasteiger partial charge is 0.369 e. The van der Waals surface area contributed by atoms with E-state index in [0.717, 1.165) is 25.1 Å². The molecule has 1 N–H and O–H groups in total. The Bertz CT molecular complexity index is 321. The zero-order valence-corrected chi connectivity index (χ0v) is 10.9. The van der Waals surface area contributed by atoms with Crippen LogP contribution in [0.2, 0.25) is 0 Å². The Labute approximate surface area is 105 Å². The van der Waals surface area contributed by atoms with Crippen molar-refractivity contribution in [2.45, 2.75) is 26.4 Å². The molecule has 2 heteroatoms. The van der Waals surface area contributed by atoms with Crippen LogP contribution in [-0.2, 0) is 4.74 Å². The lowest BCUT2D eigenvalue weighted by atomic mass is 10.1. The summed E-state index contributed by atoms with van der Waals surface area (Å²) in [5.74, 6) is 0. The highest BCUT2D eigenvalue weighted by molar-refractivity contribution is 5.17. The molecule has 0 heterocycles. The number of rotatable bonds is 8. The van der Waals surface area contributed by atoms with E-state index in [1.165, 1.54) is 5.56 Å². The van der Waals surface area contributed by atoms with Crippen LogP contribution in [0.5, 0.6) is 0 Å². The summed E-state index contributed by atoms with van der Waals surface area (Å²) in [6.45, 7) is 10.7. The van der Waals surface area contributed by atoms with E-state index in [9.17, 15) is 0 Å². The smallest absolute Gasteiger partial charge is 0.0801 e. The van der Waals surface area contributed by atoms with E-state index < -0.39 is 0 Å². The topological polar surface area (TPSA) is 21.3 Å². The number of benzene rings is 1. The fourth-order valence-electron chi connectivity index (χ4n) is 1.56. The van der Waals surface area contributed by atoms with Crippen molar-refractivity contribution in [3.05, 3.63) is 48.0 Å². The van der Waals surface area contributed by atoms with Gasteiger partial charge in [-0.3, -0.25) is 0 Å². The molecule has 0 spiro atoms. The van der Waals surface area contributed by atoms with Crippen molar-refractivity contribution in [2.75, 3.05) is 19.7 Å². The molecule has 0 aromatic heterocycles. The summed E-state index contributed by atoms with van der Waals surface area (Å²) in [6, 6.07) is 10.3. The van der Waals surface area contributed by atoms with Crippen molar-refractivity contribution in [2.24, 2.45) is 0 Å². The summed E-state index contributed by atoms with van der Waals surface area (Å²) in [6.07, 6.45) is 1.27. The van der Waals surface area contributed by atoms with E-state index in [-0.39, 0.29) is 6.10 Å². The van der Waals surface area contributed by atoms with Crippen molar-refractivity contribution in [1.82, 2.24) is 5.32 Å². The normalized spacial score (nSPS) is 12.4. The van der Waals surface area contributed by atoms with Gasteiger partial charge < -0.3 is 10.1 Å². The molecular weight excluding hydrogens is 210 g/mol. The van der Waals surface area contributed by atoms with Gasteiger partial charge in [0.2, 0.25) is 0 Å². The van der Waals surface area contributed by atoms with Crippen molar-refractivity contribution >= 4 is 0 Å². The first-order chi connectivity index (χ1) is 8.24. The zero-order chi connectivity index (χ0) is 12.5. The molecule has 0 bridgehead atoms. The third kappa shape index (κ3) is 5.66. The van der Waals surface area contributed by atoms with Gasteiger partial charge in [0, 0.05) is 6.54 Å². The predicted molar refractivity (Wildman–Crippen MR) is 73.1 cm³/mol. The molecule has 1 unspecified atom stereocenters. The van der Waals surface area contributed by atoms with Crippen molar-refractivity contribution in [3.8, 4) is 0 Å². The summed E-state index contributed by atoms with van der Waals surface area (Å²) in [4.78, 5) is 0. The molecule has 0 radical (unpaired) electrons. The van der Waals surface area contributed by atoms with Crippen LogP contribution in [0.4, 0.5) is 0 Å². The van der Waals surface area contributed by atoms with Crippen molar-refractivity contribution < 1.29 is 4.74 Å². The molecule has 0 saturated heterocycles. The Balaban J connectivity index is 2.24. The molecule has 1 rings (SSSR count). The molecule has 0 saturated carbocycles. The minimum atomic E-state index is 0.124. The molecule has 0 amide bonds. The van der Waals surface area contributed by atoms with Gasteiger partial charge in [0.25, 0.3) is 0 Å². The molecular formula is C15H23NO. The first-order valence-electron chi connectivity index (χ1n) is 6.28. The summed E-state index contributed by atoms with van der Waals surface area (Å²) >= 11 is 0. The van der Waals surface area contributed by atoms with Gasteiger partial charge in [-0.15, -0.1) is 0 Å².